The van der Waals surface area contributed by atoms with Crippen LogP contribution in [0.25, 0.3) is 0 Å². The van der Waals surface area contributed by atoms with Crippen molar-refractivity contribution in [2.75, 3.05) is 20.6 Å². The molecule has 25 heavy (non-hydrogen) atoms. The fourth-order valence-electron chi connectivity index (χ4n) is 2.66. The van der Waals surface area contributed by atoms with Gasteiger partial charge >= 0.3 is 0 Å². The van der Waals surface area contributed by atoms with Crippen molar-refractivity contribution in [2.45, 2.75) is 18.5 Å². The lowest BCUT2D eigenvalue weighted by Crippen LogP contribution is -2.50. The van der Waals surface area contributed by atoms with E-state index in [4.69, 9.17) is 5.73 Å². The molecule has 4 nitrogen and oxygen atoms in total. The lowest BCUT2D eigenvalue weighted by Gasteiger charge is -2.29. The zero-order chi connectivity index (χ0) is 18.6. The summed E-state index contributed by atoms with van der Waals surface area (Å²) < 4.78 is 28.2. The molecule has 2 atom stereocenters. The second-order valence-electron chi connectivity index (χ2n) is 6.39. The molecule has 0 aliphatic carbocycles. The van der Waals surface area contributed by atoms with Gasteiger partial charge in [0.2, 0.25) is 5.91 Å². The molecule has 0 fully saturated rings. The van der Waals surface area contributed by atoms with Crippen molar-refractivity contribution in [1.82, 2.24) is 10.2 Å². The van der Waals surface area contributed by atoms with E-state index in [-0.39, 0.29) is 12.1 Å². The third kappa shape index (κ3) is 4.21. The summed E-state index contributed by atoms with van der Waals surface area (Å²) in [4.78, 5) is 14.2. The van der Waals surface area contributed by atoms with Crippen LogP contribution in [-0.4, -0.2) is 31.4 Å². The molecule has 134 valence electrons. The van der Waals surface area contributed by atoms with Gasteiger partial charge in [0.25, 0.3) is 0 Å². The molecule has 0 heterocycles. The van der Waals surface area contributed by atoms with Gasteiger partial charge in [-0.15, -0.1) is 0 Å². The fourth-order valence-corrected chi connectivity index (χ4v) is 2.66. The van der Waals surface area contributed by atoms with Crippen LogP contribution in [0, 0.1) is 11.6 Å². The van der Waals surface area contributed by atoms with E-state index in [1.807, 2.05) is 6.07 Å². The normalized spacial score (nSPS) is 14.8. The van der Waals surface area contributed by atoms with Gasteiger partial charge in [-0.05, 0) is 38.7 Å². The molecule has 3 N–H and O–H groups in total. The van der Waals surface area contributed by atoms with Crippen molar-refractivity contribution in [2.24, 2.45) is 5.73 Å². The van der Waals surface area contributed by atoms with Gasteiger partial charge in [-0.2, -0.15) is 0 Å². The standard InChI is InChI=1S/C19H23F2N3O/c1-19(22,13-8-5-4-6-9-13)18(25)23-12-16(24(2)3)17-14(20)10-7-11-15(17)21/h4-11,16H,12,22H2,1-3H3,(H,23,25). The molecular weight excluding hydrogens is 324 g/mol. The first-order valence-corrected chi connectivity index (χ1v) is 7.98. The number of carbonyl (C=O) groups is 1. The Hall–Kier alpha value is -2.31. The lowest BCUT2D eigenvalue weighted by atomic mass is 9.92. The number of likely N-dealkylation sites (N-methyl/N-ethyl adjacent to an activating group) is 1. The van der Waals surface area contributed by atoms with Crippen molar-refractivity contribution in [3.05, 3.63) is 71.3 Å². The molecule has 0 aliphatic heterocycles. The van der Waals surface area contributed by atoms with Crippen LogP contribution in [0.2, 0.25) is 0 Å². The van der Waals surface area contributed by atoms with Gasteiger partial charge in [0, 0.05) is 12.1 Å². The van der Waals surface area contributed by atoms with Crippen LogP contribution in [0.5, 0.6) is 0 Å². The van der Waals surface area contributed by atoms with E-state index in [1.165, 1.54) is 18.2 Å². The maximum absolute atomic E-state index is 14.1. The SMILES string of the molecule is CN(C)C(CNC(=O)C(C)(N)c1ccccc1)c1c(F)cccc1F. The Morgan fingerprint density at radius 3 is 2.20 bits per heavy atom. The molecule has 6 heteroatoms. The van der Waals surface area contributed by atoms with Crippen molar-refractivity contribution in [1.29, 1.82) is 0 Å². The van der Waals surface area contributed by atoms with Gasteiger partial charge in [-0.25, -0.2) is 8.78 Å². The first-order valence-electron chi connectivity index (χ1n) is 7.98. The first kappa shape index (κ1) is 19.0. The average Bonchev–Trinajstić information content (AvgIpc) is 2.57. The molecule has 2 aromatic rings. The topological polar surface area (TPSA) is 58.4 Å². The number of rotatable bonds is 6. The van der Waals surface area contributed by atoms with Crippen molar-refractivity contribution in [3.8, 4) is 0 Å². The Kier molecular flexibility index (Phi) is 5.87. The molecule has 1 amide bonds. The maximum Gasteiger partial charge on any atom is 0.244 e. The molecule has 0 aliphatic rings. The number of hydrogen-bond acceptors (Lipinski definition) is 3. The van der Waals surface area contributed by atoms with Crippen LogP contribution in [0.1, 0.15) is 24.1 Å². The Morgan fingerprint density at radius 2 is 1.68 bits per heavy atom. The average molecular weight is 347 g/mol. The van der Waals surface area contributed by atoms with Crippen LogP contribution < -0.4 is 11.1 Å². The summed E-state index contributed by atoms with van der Waals surface area (Å²) in [7, 11) is 3.39. The van der Waals surface area contributed by atoms with E-state index in [0.29, 0.717) is 5.56 Å². The Morgan fingerprint density at radius 1 is 1.12 bits per heavy atom. The zero-order valence-electron chi connectivity index (χ0n) is 14.6. The highest BCUT2D eigenvalue weighted by atomic mass is 19.1. The van der Waals surface area contributed by atoms with Crippen molar-refractivity contribution < 1.29 is 13.6 Å². The van der Waals surface area contributed by atoms with Gasteiger partial charge < -0.3 is 16.0 Å². The van der Waals surface area contributed by atoms with Crippen LogP contribution >= 0.6 is 0 Å². The van der Waals surface area contributed by atoms with Gasteiger partial charge in [0.1, 0.15) is 17.2 Å². The Balaban J connectivity index is 2.18. The minimum absolute atomic E-state index is 0.0311. The van der Waals surface area contributed by atoms with Crippen LogP contribution in [0.4, 0.5) is 8.78 Å². The number of hydrogen-bond donors (Lipinski definition) is 2. The minimum Gasteiger partial charge on any atom is -0.352 e. The van der Waals surface area contributed by atoms with Crippen molar-refractivity contribution >= 4 is 5.91 Å². The van der Waals surface area contributed by atoms with Crippen molar-refractivity contribution in [3.63, 3.8) is 0 Å². The molecule has 2 rings (SSSR count). The summed E-state index contributed by atoms with van der Waals surface area (Å²) in [5.74, 6) is -1.71. The summed E-state index contributed by atoms with van der Waals surface area (Å²) in [5, 5.41) is 2.72. The summed E-state index contributed by atoms with van der Waals surface area (Å²) >= 11 is 0. The molecular formula is C19H23F2N3O. The lowest BCUT2D eigenvalue weighted by molar-refractivity contribution is -0.126. The Bertz CT molecular complexity index is 712. The summed E-state index contributed by atoms with van der Waals surface area (Å²) in [6, 6.07) is 12.0. The number of carbonyl (C=O) groups excluding carboxylic acids is 1. The fraction of sp³-hybridized carbons (Fsp3) is 0.316. The van der Waals surface area contributed by atoms with E-state index >= 15 is 0 Å². The first-order chi connectivity index (χ1) is 11.7. The maximum atomic E-state index is 14.1. The van der Waals surface area contributed by atoms with Gasteiger partial charge in [-0.3, -0.25) is 4.79 Å². The number of halogens is 2. The predicted octanol–water partition coefficient (Wildman–Crippen LogP) is 2.56. The monoisotopic (exact) mass is 347 g/mol. The summed E-state index contributed by atoms with van der Waals surface area (Å²) in [5.41, 5.74) is 5.51. The van der Waals surface area contributed by atoms with Gasteiger partial charge in [0.05, 0.1) is 6.04 Å². The highest BCUT2D eigenvalue weighted by Crippen LogP contribution is 2.24. The van der Waals surface area contributed by atoms with E-state index in [2.05, 4.69) is 5.32 Å². The number of nitrogens with zero attached hydrogens (tertiary/aromatic N) is 1. The Labute approximate surface area is 146 Å². The second-order valence-corrected chi connectivity index (χ2v) is 6.39. The molecule has 2 unspecified atom stereocenters. The van der Waals surface area contributed by atoms with Gasteiger partial charge in [-0.1, -0.05) is 36.4 Å². The molecule has 0 radical (unpaired) electrons. The second kappa shape index (κ2) is 7.72. The third-order valence-corrected chi connectivity index (χ3v) is 4.26. The van der Waals surface area contributed by atoms with E-state index in [9.17, 15) is 13.6 Å². The number of nitrogens with one attached hydrogen (secondary N) is 1. The van der Waals surface area contributed by atoms with E-state index in [0.717, 1.165) is 0 Å². The highest BCUT2D eigenvalue weighted by molar-refractivity contribution is 5.87. The smallest absolute Gasteiger partial charge is 0.244 e. The molecule has 0 spiro atoms. The molecule has 0 saturated carbocycles. The summed E-state index contributed by atoms with van der Waals surface area (Å²) in [6.07, 6.45) is 0. The van der Waals surface area contributed by atoms with Crippen LogP contribution in [0.3, 0.4) is 0 Å². The number of nitrogens with two attached hydrogens (primary N) is 1. The molecule has 0 saturated heterocycles. The number of benzene rings is 2. The highest BCUT2D eigenvalue weighted by Gasteiger charge is 2.31. The van der Waals surface area contributed by atoms with Crippen LogP contribution in [0.15, 0.2) is 48.5 Å². The minimum atomic E-state index is -1.24. The quantitative estimate of drug-likeness (QED) is 0.844. The van der Waals surface area contributed by atoms with E-state index in [1.54, 1.807) is 50.2 Å². The largest absolute Gasteiger partial charge is 0.352 e. The molecule has 0 bridgehead atoms. The molecule has 2 aromatic carbocycles. The third-order valence-electron chi connectivity index (χ3n) is 4.26. The zero-order valence-corrected chi connectivity index (χ0v) is 14.6. The molecule has 0 aromatic heterocycles. The predicted molar refractivity (Wildman–Crippen MR) is 93.8 cm³/mol. The number of amides is 1. The van der Waals surface area contributed by atoms with Crippen LogP contribution in [-0.2, 0) is 10.3 Å². The van der Waals surface area contributed by atoms with E-state index < -0.39 is 29.1 Å². The summed E-state index contributed by atoms with van der Waals surface area (Å²) in [6.45, 7) is 1.63. The van der Waals surface area contributed by atoms with Gasteiger partial charge in [0.15, 0.2) is 0 Å².